The van der Waals surface area contributed by atoms with Crippen LogP contribution in [0.5, 0.6) is 0 Å². The fourth-order valence-electron chi connectivity index (χ4n) is 3.06. The maximum atomic E-state index is 12.3. The van der Waals surface area contributed by atoms with E-state index in [1.807, 2.05) is 60.1 Å². The molecule has 0 saturated heterocycles. The van der Waals surface area contributed by atoms with Gasteiger partial charge in [0.1, 0.15) is 5.70 Å². The minimum atomic E-state index is -0.244. The Kier molecular flexibility index (Phi) is 7.39. The zero-order valence-corrected chi connectivity index (χ0v) is 17.3. The van der Waals surface area contributed by atoms with Gasteiger partial charge in [-0.05, 0) is 29.3 Å². The number of aryl methyl sites for hydroxylation is 1. The summed E-state index contributed by atoms with van der Waals surface area (Å²) in [6, 6.07) is 15.5. The van der Waals surface area contributed by atoms with Gasteiger partial charge in [-0.15, -0.1) is 24.8 Å². The zero-order chi connectivity index (χ0) is 18.8. The summed E-state index contributed by atoms with van der Waals surface area (Å²) in [7, 11) is 1.94. The number of halogens is 2. The highest BCUT2D eigenvalue weighted by Crippen LogP contribution is 2.18. The number of aliphatic imine (C=N–C) groups is 1. The second-order valence-corrected chi connectivity index (χ2v) is 6.39. The number of nitrogens with zero attached hydrogens (tertiary/aromatic N) is 3. The maximum absolute atomic E-state index is 12.3. The standard InChI is InChI=1S/C20H20N6O.2ClH/c1-26-12-22-15-8-7-13(10-18(15)26)9-16-19(27)25-20(23-16)24-17(11-21)14-5-3-2-4-6-14;;/h2-10,12,17H,11,21H2,1H3,(H2,23,24,25,27);2*1H/b16-9-;;/t17-;;/m0../s1. The Morgan fingerprint density at radius 3 is 2.69 bits per heavy atom. The molecule has 2 heterocycles. The average Bonchev–Trinajstić information content (AvgIpc) is 3.23. The molecular formula is C20H22Cl2N6O. The number of imidazole rings is 1. The molecule has 0 saturated carbocycles. The third-order valence-corrected chi connectivity index (χ3v) is 4.50. The van der Waals surface area contributed by atoms with Gasteiger partial charge >= 0.3 is 0 Å². The van der Waals surface area contributed by atoms with Crippen molar-refractivity contribution in [2.75, 3.05) is 6.54 Å². The number of aromatic nitrogens is 2. The van der Waals surface area contributed by atoms with Crippen molar-refractivity contribution in [1.29, 1.82) is 0 Å². The van der Waals surface area contributed by atoms with Crippen molar-refractivity contribution in [3.05, 3.63) is 71.7 Å². The lowest BCUT2D eigenvalue weighted by Gasteiger charge is -2.17. The molecular weight excluding hydrogens is 411 g/mol. The number of hydrogen-bond donors (Lipinski definition) is 3. The predicted octanol–water partition coefficient (Wildman–Crippen LogP) is 2.53. The number of guanidine groups is 1. The highest BCUT2D eigenvalue weighted by molar-refractivity contribution is 6.13. The van der Waals surface area contributed by atoms with E-state index < -0.39 is 0 Å². The van der Waals surface area contributed by atoms with Gasteiger partial charge < -0.3 is 15.6 Å². The van der Waals surface area contributed by atoms with Crippen molar-refractivity contribution in [2.24, 2.45) is 17.8 Å². The number of carbonyl (C=O) groups is 1. The number of nitrogens with two attached hydrogens (primary N) is 1. The Hall–Kier alpha value is -2.87. The van der Waals surface area contributed by atoms with Crippen LogP contribution in [-0.2, 0) is 11.8 Å². The molecule has 4 N–H and O–H groups in total. The number of hydrogen-bond acceptors (Lipinski definition) is 5. The average molecular weight is 433 g/mol. The Bertz CT molecular complexity index is 1060. The number of carbonyl (C=O) groups excluding carboxylic acids is 1. The number of rotatable bonds is 4. The van der Waals surface area contributed by atoms with Gasteiger partial charge in [-0.25, -0.2) is 9.98 Å². The first-order chi connectivity index (χ1) is 13.1. The molecule has 152 valence electrons. The van der Waals surface area contributed by atoms with E-state index in [2.05, 4.69) is 20.6 Å². The van der Waals surface area contributed by atoms with E-state index in [0.717, 1.165) is 22.2 Å². The number of amides is 1. The molecule has 0 radical (unpaired) electrons. The van der Waals surface area contributed by atoms with E-state index in [1.54, 1.807) is 12.4 Å². The third-order valence-electron chi connectivity index (χ3n) is 4.50. The van der Waals surface area contributed by atoms with Gasteiger partial charge in [-0.3, -0.25) is 10.1 Å². The van der Waals surface area contributed by atoms with E-state index in [9.17, 15) is 4.79 Å². The van der Waals surface area contributed by atoms with Gasteiger partial charge in [0.05, 0.1) is 23.4 Å². The minimum Gasteiger partial charge on any atom is -0.348 e. The van der Waals surface area contributed by atoms with Gasteiger partial charge in [0.25, 0.3) is 5.91 Å². The molecule has 1 amide bonds. The summed E-state index contributed by atoms with van der Waals surface area (Å²) < 4.78 is 1.94. The summed E-state index contributed by atoms with van der Waals surface area (Å²) in [6.45, 7) is 0.384. The Labute approximate surface area is 180 Å². The van der Waals surface area contributed by atoms with Gasteiger partial charge in [0.2, 0.25) is 5.96 Å². The summed E-state index contributed by atoms with van der Waals surface area (Å²) in [4.78, 5) is 21.0. The third kappa shape index (κ3) is 4.76. The maximum Gasteiger partial charge on any atom is 0.276 e. The van der Waals surface area contributed by atoms with Crippen LogP contribution in [0, 0.1) is 0 Å². The summed E-state index contributed by atoms with van der Waals surface area (Å²) in [6.07, 6.45) is 3.52. The monoisotopic (exact) mass is 432 g/mol. The summed E-state index contributed by atoms with van der Waals surface area (Å²) in [5.74, 6) is 0.165. The van der Waals surface area contributed by atoms with Crippen LogP contribution in [0.2, 0.25) is 0 Å². The van der Waals surface area contributed by atoms with Gasteiger partial charge in [-0.1, -0.05) is 36.4 Å². The fourth-order valence-corrected chi connectivity index (χ4v) is 3.06. The van der Waals surface area contributed by atoms with Gasteiger partial charge in [-0.2, -0.15) is 0 Å². The van der Waals surface area contributed by atoms with Crippen molar-refractivity contribution in [3.63, 3.8) is 0 Å². The van der Waals surface area contributed by atoms with Crippen LogP contribution < -0.4 is 16.4 Å². The number of nitrogens with one attached hydrogen (secondary N) is 2. The van der Waals surface area contributed by atoms with Crippen LogP contribution in [0.3, 0.4) is 0 Å². The molecule has 9 heteroatoms. The summed E-state index contributed by atoms with van der Waals surface area (Å²) >= 11 is 0. The normalized spacial score (nSPS) is 15.3. The molecule has 29 heavy (non-hydrogen) atoms. The first-order valence-electron chi connectivity index (χ1n) is 8.68. The van der Waals surface area contributed by atoms with Crippen LogP contribution in [0.1, 0.15) is 17.2 Å². The summed E-state index contributed by atoms with van der Waals surface area (Å²) in [5, 5.41) is 5.96. The molecule has 1 aromatic heterocycles. The van der Waals surface area contributed by atoms with Crippen LogP contribution in [0.4, 0.5) is 0 Å². The topological polar surface area (TPSA) is 97.3 Å². The van der Waals surface area contributed by atoms with Crippen molar-refractivity contribution >= 4 is 53.8 Å². The zero-order valence-electron chi connectivity index (χ0n) is 15.7. The van der Waals surface area contributed by atoms with Crippen molar-refractivity contribution < 1.29 is 4.79 Å². The SMILES string of the molecule is Cl.Cl.Cn1cnc2ccc(/C=C3\N=C(N[C@@H](CN)c4ccccc4)NC3=O)cc21. The van der Waals surface area contributed by atoms with Gasteiger partial charge in [0.15, 0.2) is 0 Å². The van der Waals surface area contributed by atoms with Crippen molar-refractivity contribution in [3.8, 4) is 0 Å². The van der Waals surface area contributed by atoms with Crippen LogP contribution in [0.25, 0.3) is 17.1 Å². The predicted molar refractivity (Wildman–Crippen MR) is 120 cm³/mol. The van der Waals surface area contributed by atoms with Crippen molar-refractivity contribution in [1.82, 2.24) is 20.2 Å². The van der Waals surface area contributed by atoms with Crippen molar-refractivity contribution in [2.45, 2.75) is 6.04 Å². The molecule has 1 aliphatic rings. The molecule has 0 aliphatic carbocycles. The summed E-state index contributed by atoms with van der Waals surface area (Å²) in [5.41, 5.74) is 10.1. The first kappa shape index (κ1) is 22.4. The van der Waals surface area contributed by atoms with E-state index in [0.29, 0.717) is 18.2 Å². The van der Waals surface area contributed by atoms with Gasteiger partial charge in [0, 0.05) is 13.6 Å². The van der Waals surface area contributed by atoms with E-state index in [4.69, 9.17) is 5.73 Å². The molecule has 1 atom stereocenters. The molecule has 7 nitrogen and oxygen atoms in total. The molecule has 0 fully saturated rings. The molecule has 0 bridgehead atoms. The quantitative estimate of drug-likeness (QED) is 0.551. The molecule has 0 unspecified atom stereocenters. The van der Waals surface area contributed by atoms with Crippen LogP contribution in [-0.4, -0.2) is 28.0 Å². The number of benzene rings is 2. The Morgan fingerprint density at radius 2 is 1.97 bits per heavy atom. The number of fused-ring (bicyclic) bond motifs is 1. The Morgan fingerprint density at radius 1 is 1.21 bits per heavy atom. The highest BCUT2D eigenvalue weighted by atomic mass is 35.5. The molecule has 3 aromatic rings. The van der Waals surface area contributed by atoms with Crippen LogP contribution in [0.15, 0.2) is 65.5 Å². The minimum absolute atomic E-state index is 0. The second kappa shape index (κ2) is 9.56. The lowest BCUT2D eigenvalue weighted by Crippen LogP contribution is -2.40. The van der Waals surface area contributed by atoms with Crippen LogP contribution >= 0.6 is 24.8 Å². The lowest BCUT2D eigenvalue weighted by molar-refractivity contribution is -0.115. The molecule has 1 aliphatic heterocycles. The van der Waals surface area contributed by atoms with E-state index >= 15 is 0 Å². The van der Waals surface area contributed by atoms with E-state index in [1.165, 1.54) is 0 Å². The van der Waals surface area contributed by atoms with E-state index in [-0.39, 0.29) is 36.8 Å². The largest absolute Gasteiger partial charge is 0.348 e. The fraction of sp³-hybridized carbons (Fsp3) is 0.150. The molecule has 2 aromatic carbocycles. The second-order valence-electron chi connectivity index (χ2n) is 6.39. The first-order valence-corrected chi connectivity index (χ1v) is 8.68. The smallest absolute Gasteiger partial charge is 0.276 e. The Balaban J connectivity index is 0.00000150. The molecule has 4 rings (SSSR count). The lowest BCUT2D eigenvalue weighted by atomic mass is 10.1. The molecule has 0 spiro atoms. The highest BCUT2D eigenvalue weighted by Gasteiger charge is 2.22.